The number of rotatable bonds is 4. The summed E-state index contributed by atoms with van der Waals surface area (Å²) in [4.78, 5) is 3.98. The number of aromatic nitrogens is 2. The Morgan fingerprint density at radius 3 is 1.29 bits per heavy atom. The summed E-state index contributed by atoms with van der Waals surface area (Å²) in [6.45, 7) is 8.20. The van der Waals surface area contributed by atoms with Crippen molar-refractivity contribution < 1.29 is 0 Å². The van der Waals surface area contributed by atoms with Gasteiger partial charge in [0.1, 0.15) is 0 Å². The van der Waals surface area contributed by atoms with E-state index in [1.165, 1.54) is 21.5 Å². The SMILES string of the molecule is [C-]#[N+]c1cc(-c2cccc(-n3c4ccccc4c4ccccc43)c2)c(C#N)cc1-c1cccc(-n2c3ccccc3c3ccccc32)c1. The van der Waals surface area contributed by atoms with Crippen LogP contribution in [0.2, 0.25) is 0 Å². The summed E-state index contributed by atoms with van der Waals surface area (Å²) in [5, 5.41) is 15.2. The molecule has 4 nitrogen and oxygen atoms in total. The summed E-state index contributed by atoms with van der Waals surface area (Å²) in [7, 11) is 0. The van der Waals surface area contributed by atoms with Crippen molar-refractivity contribution >= 4 is 49.3 Å². The molecule has 9 rings (SSSR count). The van der Waals surface area contributed by atoms with Gasteiger partial charge < -0.3 is 9.13 Å². The molecule has 0 bridgehead atoms. The first-order valence-corrected chi connectivity index (χ1v) is 15.9. The minimum atomic E-state index is 0.505. The highest BCUT2D eigenvalue weighted by atomic mass is 15.0. The molecule has 2 aromatic heterocycles. The van der Waals surface area contributed by atoms with E-state index in [1.807, 2.05) is 36.4 Å². The van der Waals surface area contributed by atoms with E-state index in [1.54, 1.807) is 0 Å². The fourth-order valence-electron chi connectivity index (χ4n) is 7.27. The van der Waals surface area contributed by atoms with Gasteiger partial charge in [-0.1, -0.05) is 97.1 Å². The van der Waals surface area contributed by atoms with Crippen LogP contribution in [0.3, 0.4) is 0 Å². The lowest BCUT2D eigenvalue weighted by Gasteiger charge is -2.14. The maximum atomic E-state index is 10.5. The third-order valence-electron chi connectivity index (χ3n) is 9.37. The zero-order chi connectivity index (χ0) is 32.2. The van der Waals surface area contributed by atoms with Gasteiger partial charge >= 0.3 is 0 Å². The topological polar surface area (TPSA) is 38.0 Å². The van der Waals surface area contributed by atoms with Crippen LogP contribution < -0.4 is 0 Å². The number of hydrogen-bond donors (Lipinski definition) is 0. The molecule has 0 saturated carbocycles. The highest BCUT2D eigenvalue weighted by Gasteiger charge is 2.17. The Morgan fingerprint density at radius 1 is 0.458 bits per heavy atom. The quantitative estimate of drug-likeness (QED) is 0.183. The second kappa shape index (κ2) is 10.9. The summed E-state index contributed by atoms with van der Waals surface area (Å²) in [5.41, 5.74) is 10.8. The van der Waals surface area contributed by atoms with Crippen molar-refractivity contribution in [3.63, 3.8) is 0 Å². The number of nitrogens with zero attached hydrogens (tertiary/aromatic N) is 4. The summed E-state index contributed by atoms with van der Waals surface area (Å²) in [5.74, 6) is 0. The normalized spacial score (nSPS) is 11.3. The van der Waals surface area contributed by atoms with Gasteiger partial charge in [0.2, 0.25) is 0 Å². The lowest BCUT2D eigenvalue weighted by Crippen LogP contribution is -1.96. The molecule has 48 heavy (non-hydrogen) atoms. The predicted octanol–water partition coefficient (Wildman–Crippen LogP) is 11.6. The van der Waals surface area contributed by atoms with E-state index in [-0.39, 0.29) is 0 Å². The molecule has 0 saturated heterocycles. The van der Waals surface area contributed by atoms with Gasteiger partial charge in [-0.15, -0.1) is 0 Å². The summed E-state index contributed by atoms with van der Waals surface area (Å²) < 4.78 is 4.54. The Morgan fingerprint density at radius 2 is 0.875 bits per heavy atom. The fraction of sp³-hybridized carbons (Fsp3) is 0. The van der Waals surface area contributed by atoms with Gasteiger partial charge in [0.05, 0.1) is 40.3 Å². The van der Waals surface area contributed by atoms with Gasteiger partial charge in [-0.2, -0.15) is 5.26 Å². The summed E-state index contributed by atoms with van der Waals surface area (Å²) in [6, 6.07) is 56.4. The van der Waals surface area contributed by atoms with Gasteiger partial charge in [0.15, 0.2) is 5.69 Å². The molecular weight excluding hydrogens is 585 g/mol. The Bertz CT molecular complexity index is 2520. The molecule has 4 heteroatoms. The largest absolute Gasteiger partial charge is 0.309 e. The standard InChI is InChI=1S/C44H26N4/c1-46-40-27-38(29-12-10-14-32(24-29)47-41-20-6-2-16-34(41)35-17-3-7-21-42(35)47)31(28-45)26-39(40)30-13-11-15-33(25-30)48-43-22-8-4-18-36(43)37-19-5-9-23-44(37)48/h2-27H. The van der Waals surface area contributed by atoms with Gasteiger partial charge in [0, 0.05) is 32.9 Å². The predicted molar refractivity (Wildman–Crippen MR) is 197 cm³/mol. The van der Waals surface area contributed by atoms with E-state index in [9.17, 15) is 5.26 Å². The Balaban J connectivity index is 1.19. The molecule has 9 aromatic rings. The first-order chi connectivity index (χ1) is 23.7. The Kier molecular flexibility index (Phi) is 6.22. The first kappa shape index (κ1) is 27.4. The van der Waals surface area contributed by atoms with Crippen LogP contribution in [-0.2, 0) is 0 Å². The summed E-state index contributed by atoms with van der Waals surface area (Å²) in [6.07, 6.45) is 0. The molecule has 0 aliphatic heterocycles. The van der Waals surface area contributed by atoms with Crippen LogP contribution in [0.15, 0.2) is 158 Å². The monoisotopic (exact) mass is 610 g/mol. The lowest BCUT2D eigenvalue weighted by atomic mass is 9.93. The molecule has 0 atom stereocenters. The van der Waals surface area contributed by atoms with Crippen molar-refractivity contribution in [3.05, 3.63) is 175 Å². The van der Waals surface area contributed by atoms with Crippen LogP contribution in [0.1, 0.15) is 5.56 Å². The number of para-hydroxylation sites is 4. The van der Waals surface area contributed by atoms with E-state index in [4.69, 9.17) is 6.57 Å². The summed E-state index contributed by atoms with van der Waals surface area (Å²) >= 11 is 0. The molecule has 0 N–H and O–H groups in total. The molecule has 2 heterocycles. The number of benzene rings is 7. The maximum absolute atomic E-state index is 10.5. The minimum Gasteiger partial charge on any atom is -0.309 e. The smallest absolute Gasteiger partial charge is 0.195 e. The zero-order valence-electron chi connectivity index (χ0n) is 25.8. The first-order valence-electron chi connectivity index (χ1n) is 15.9. The second-order valence-electron chi connectivity index (χ2n) is 12.0. The van der Waals surface area contributed by atoms with Crippen LogP contribution in [-0.4, -0.2) is 9.13 Å². The van der Waals surface area contributed by atoms with Crippen molar-refractivity contribution in [1.29, 1.82) is 5.26 Å². The molecule has 0 spiro atoms. The highest BCUT2D eigenvalue weighted by molar-refractivity contribution is 6.10. The van der Waals surface area contributed by atoms with Crippen LogP contribution >= 0.6 is 0 Å². The Labute approximate surface area is 277 Å². The van der Waals surface area contributed by atoms with Crippen LogP contribution in [0.25, 0.3) is 82.1 Å². The second-order valence-corrected chi connectivity index (χ2v) is 12.0. The van der Waals surface area contributed by atoms with Gasteiger partial charge in [-0.25, -0.2) is 4.85 Å². The molecule has 0 unspecified atom stereocenters. The number of hydrogen-bond acceptors (Lipinski definition) is 1. The van der Waals surface area contributed by atoms with Crippen molar-refractivity contribution in [2.45, 2.75) is 0 Å². The van der Waals surface area contributed by atoms with E-state index in [2.05, 4.69) is 141 Å². The van der Waals surface area contributed by atoms with Crippen molar-refractivity contribution in [1.82, 2.24) is 9.13 Å². The zero-order valence-corrected chi connectivity index (χ0v) is 25.8. The third-order valence-corrected chi connectivity index (χ3v) is 9.37. The third kappa shape index (κ3) is 4.14. The van der Waals surface area contributed by atoms with E-state index in [0.717, 1.165) is 55.7 Å². The molecular formula is C44H26N4. The molecule has 0 amide bonds. The molecule has 0 radical (unpaired) electrons. The van der Waals surface area contributed by atoms with Crippen LogP contribution in [0, 0.1) is 17.9 Å². The average molecular weight is 611 g/mol. The average Bonchev–Trinajstić information content (AvgIpc) is 3.67. The minimum absolute atomic E-state index is 0.505. The molecule has 0 aliphatic carbocycles. The van der Waals surface area contributed by atoms with Crippen LogP contribution in [0.5, 0.6) is 0 Å². The van der Waals surface area contributed by atoms with Gasteiger partial charge in [-0.05, 0) is 82.9 Å². The van der Waals surface area contributed by atoms with Crippen molar-refractivity contribution in [2.75, 3.05) is 0 Å². The molecule has 0 fully saturated rings. The van der Waals surface area contributed by atoms with Gasteiger partial charge in [-0.3, -0.25) is 0 Å². The maximum Gasteiger partial charge on any atom is 0.195 e. The fourth-order valence-corrected chi connectivity index (χ4v) is 7.27. The van der Waals surface area contributed by atoms with Crippen LogP contribution in [0.4, 0.5) is 5.69 Å². The lowest BCUT2D eigenvalue weighted by molar-refractivity contribution is 1.18. The number of nitriles is 1. The van der Waals surface area contributed by atoms with Crippen molar-refractivity contribution in [2.24, 2.45) is 0 Å². The highest BCUT2D eigenvalue weighted by Crippen LogP contribution is 2.40. The molecule has 222 valence electrons. The van der Waals surface area contributed by atoms with Gasteiger partial charge in [0.25, 0.3) is 0 Å². The van der Waals surface area contributed by atoms with Crippen molar-refractivity contribution in [3.8, 4) is 39.7 Å². The molecule has 0 aliphatic rings. The number of fused-ring (bicyclic) bond motifs is 6. The van der Waals surface area contributed by atoms with E-state index < -0.39 is 0 Å². The van der Waals surface area contributed by atoms with E-state index >= 15 is 0 Å². The molecule has 7 aromatic carbocycles. The van der Waals surface area contributed by atoms with E-state index in [0.29, 0.717) is 11.3 Å². The Hall–Kier alpha value is -6.88.